The Kier molecular flexibility index (Phi) is 7.31. The number of anilines is 1. The first-order valence-electron chi connectivity index (χ1n) is 13.2. The van der Waals surface area contributed by atoms with E-state index in [1.807, 2.05) is 37.3 Å². The molecule has 2 atom stereocenters. The Bertz CT molecular complexity index is 1510. The lowest BCUT2D eigenvalue weighted by molar-refractivity contribution is -0.128. The van der Waals surface area contributed by atoms with Gasteiger partial charge in [0, 0.05) is 0 Å². The number of sulfonamides is 1. The van der Waals surface area contributed by atoms with Gasteiger partial charge in [0.2, 0.25) is 0 Å². The zero-order chi connectivity index (χ0) is 28.7. The highest BCUT2D eigenvalue weighted by Crippen LogP contribution is 2.40. The van der Waals surface area contributed by atoms with E-state index in [9.17, 15) is 13.2 Å². The summed E-state index contributed by atoms with van der Waals surface area (Å²) in [5, 5.41) is 2.97. The zero-order valence-corrected chi connectivity index (χ0v) is 24.1. The highest BCUT2D eigenvalue weighted by atomic mass is 32.2. The summed E-state index contributed by atoms with van der Waals surface area (Å²) in [6, 6.07) is 16.8. The molecule has 0 unspecified atom stereocenters. The smallest absolute Gasteiger partial charge is 0.264 e. The molecule has 0 radical (unpaired) electrons. The lowest BCUT2D eigenvalue weighted by Gasteiger charge is -2.36. The van der Waals surface area contributed by atoms with E-state index in [-0.39, 0.29) is 22.9 Å². The molecule has 0 fully saturated rings. The van der Waals surface area contributed by atoms with E-state index in [0.717, 1.165) is 11.1 Å². The van der Waals surface area contributed by atoms with Crippen molar-refractivity contribution in [3.63, 3.8) is 0 Å². The number of carbonyl (C=O) groups is 1. The van der Waals surface area contributed by atoms with Crippen molar-refractivity contribution < 1.29 is 32.2 Å². The second-order valence-electron chi connectivity index (χ2n) is 10.9. The molecule has 2 heterocycles. The van der Waals surface area contributed by atoms with E-state index in [4.69, 9.17) is 18.9 Å². The number of benzene rings is 3. The first kappa shape index (κ1) is 27.6. The standard InChI is InChI=1S/C30H34N2O7S/c1-19(20-6-12-26-27(16-20)38-15-14-37-26)31-29(33)28-18-32(40(34,35)23-10-8-22(36-5)9-11-23)24-17-21(30(2,3)4)7-13-25(24)39-28/h6-13,16-17,19,28H,14-15,18H2,1-5H3,(H,31,33)/t19-,28-/m1/s1. The first-order valence-corrected chi connectivity index (χ1v) is 14.6. The van der Waals surface area contributed by atoms with Crippen LogP contribution in [0.3, 0.4) is 0 Å². The minimum atomic E-state index is -4.03. The quantitative estimate of drug-likeness (QED) is 0.465. The van der Waals surface area contributed by atoms with Gasteiger partial charge in [0.25, 0.3) is 15.9 Å². The summed E-state index contributed by atoms with van der Waals surface area (Å²) in [7, 11) is -2.51. The van der Waals surface area contributed by atoms with Crippen LogP contribution in [0.4, 0.5) is 5.69 Å². The summed E-state index contributed by atoms with van der Waals surface area (Å²) in [6.07, 6.45) is -1.07. The van der Waals surface area contributed by atoms with Crippen molar-refractivity contribution in [3.8, 4) is 23.0 Å². The summed E-state index contributed by atoms with van der Waals surface area (Å²) in [6.45, 7) is 8.77. The van der Waals surface area contributed by atoms with E-state index >= 15 is 0 Å². The molecule has 0 spiro atoms. The van der Waals surface area contributed by atoms with Gasteiger partial charge in [-0.15, -0.1) is 0 Å². The molecule has 212 valence electrons. The van der Waals surface area contributed by atoms with Crippen LogP contribution >= 0.6 is 0 Å². The van der Waals surface area contributed by atoms with E-state index in [0.29, 0.717) is 41.9 Å². The molecular formula is C30H34N2O7S. The SMILES string of the molecule is COc1ccc(S(=O)(=O)N2C[C@H](C(=O)N[C@H](C)c3ccc4c(c3)OCCO4)Oc3ccc(C(C)(C)C)cc32)cc1. The molecule has 0 saturated carbocycles. The number of rotatable bonds is 6. The van der Waals surface area contributed by atoms with Crippen LogP contribution in [0.1, 0.15) is 44.9 Å². The zero-order valence-electron chi connectivity index (χ0n) is 23.3. The van der Waals surface area contributed by atoms with Gasteiger partial charge in [-0.1, -0.05) is 32.9 Å². The minimum absolute atomic E-state index is 0.0890. The molecule has 3 aromatic carbocycles. The maximum Gasteiger partial charge on any atom is 0.264 e. The third-order valence-electron chi connectivity index (χ3n) is 7.06. The van der Waals surface area contributed by atoms with Gasteiger partial charge in [0.15, 0.2) is 17.6 Å². The fourth-order valence-electron chi connectivity index (χ4n) is 4.68. The molecule has 5 rings (SSSR count). The van der Waals surface area contributed by atoms with E-state index < -0.39 is 22.0 Å². The van der Waals surface area contributed by atoms with Crippen molar-refractivity contribution in [1.82, 2.24) is 5.32 Å². The van der Waals surface area contributed by atoms with Crippen LogP contribution in [0, 0.1) is 0 Å². The molecule has 1 amide bonds. The number of fused-ring (bicyclic) bond motifs is 2. The van der Waals surface area contributed by atoms with Gasteiger partial charge < -0.3 is 24.3 Å². The van der Waals surface area contributed by atoms with Crippen molar-refractivity contribution in [2.45, 2.75) is 50.2 Å². The lowest BCUT2D eigenvalue weighted by atomic mass is 9.86. The maximum absolute atomic E-state index is 13.9. The van der Waals surface area contributed by atoms with Crippen molar-refractivity contribution in [2.24, 2.45) is 0 Å². The van der Waals surface area contributed by atoms with Crippen molar-refractivity contribution in [2.75, 3.05) is 31.2 Å². The summed E-state index contributed by atoms with van der Waals surface area (Å²) in [5.74, 6) is 1.72. The van der Waals surface area contributed by atoms with Gasteiger partial charge in [-0.3, -0.25) is 9.10 Å². The van der Waals surface area contributed by atoms with Crippen LogP contribution in [0.15, 0.2) is 65.6 Å². The predicted molar refractivity (Wildman–Crippen MR) is 151 cm³/mol. The Morgan fingerprint density at radius 2 is 1.65 bits per heavy atom. The maximum atomic E-state index is 13.9. The summed E-state index contributed by atoms with van der Waals surface area (Å²) in [5.41, 5.74) is 1.94. The van der Waals surface area contributed by atoms with Gasteiger partial charge in [-0.25, -0.2) is 8.42 Å². The van der Waals surface area contributed by atoms with Crippen LogP contribution in [0.25, 0.3) is 0 Å². The normalized spacial score (nSPS) is 17.3. The van der Waals surface area contributed by atoms with E-state index in [1.165, 1.54) is 23.5 Å². The van der Waals surface area contributed by atoms with Crippen LogP contribution in [0.2, 0.25) is 0 Å². The van der Waals surface area contributed by atoms with Gasteiger partial charge in [0.1, 0.15) is 24.7 Å². The third-order valence-corrected chi connectivity index (χ3v) is 8.85. The Labute approximate surface area is 235 Å². The molecule has 0 bridgehead atoms. The minimum Gasteiger partial charge on any atom is -0.497 e. The highest BCUT2D eigenvalue weighted by Gasteiger charge is 2.38. The van der Waals surface area contributed by atoms with Crippen LogP contribution < -0.4 is 28.6 Å². The monoisotopic (exact) mass is 566 g/mol. The summed E-state index contributed by atoms with van der Waals surface area (Å²) < 4.78 is 51.7. The largest absolute Gasteiger partial charge is 0.497 e. The van der Waals surface area contributed by atoms with Crippen molar-refractivity contribution in [3.05, 3.63) is 71.8 Å². The Hall–Kier alpha value is -3.92. The number of carbonyl (C=O) groups excluding carboxylic acids is 1. The highest BCUT2D eigenvalue weighted by molar-refractivity contribution is 7.92. The molecule has 0 saturated heterocycles. The number of methoxy groups -OCH3 is 1. The third kappa shape index (κ3) is 5.40. The van der Waals surface area contributed by atoms with Crippen molar-refractivity contribution >= 4 is 21.6 Å². The van der Waals surface area contributed by atoms with Gasteiger partial charge >= 0.3 is 0 Å². The summed E-state index contributed by atoms with van der Waals surface area (Å²) >= 11 is 0. The van der Waals surface area contributed by atoms with E-state index in [1.54, 1.807) is 18.2 Å². The Balaban J connectivity index is 1.45. The molecule has 40 heavy (non-hydrogen) atoms. The number of nitrogens with zero attached hydrogens (tertiary/aromatic N) is 1. The number of amides is 1. The molecule has 2 aliphatic rings. The van der Waals surface area contributed by atoms with Crippen LogP contribution in [-0.4, -0.2) is 47.3 Å². The number of ether oxygens (including phenoxy) is 4. The summed E-state index contributed by atoms with van der Waals surface area (Å²) in [4.78, 5) is 13.6. The molecule has 2 aliphatic heterocycles. The van der Waals surface area contributed by atoms with Gasteiger partial charge in [0.05, 0.1) is 30.3 Å². The average Bonchev–Trinajstić information content (AvgIpc) is 2.95. The van der Waals surface area contributed by atoms with E-state index in [2.05, 4.69) is 26.1 Å². The number of hydrogen-bond donors (Lipinski definition) is 1. The number of hydrogen-bond acceptors (Lipinski definition) is 7. The average molecular weight is 567 g/mol. The molecule has 0 aromatic heterocycles. The number of nitrogens with one attached hydrogen (secondary N) is 1. The molecule has 0 aliphatic carbocycles. The molecule has 9 nitrogen and oxygen atoms in total. The topological polar surface area (TPSA) is 103 Å². The molecule has 10 heteroatoms. The Morgan fingerprint density at radius 1 is 0.975 bits per heavy atom. The second kappa shape index (κ2) is 10.6. The fourth-order valence-corrected chi connectivity index (χ4v) is 6.14. The first-order chi connectivity index (χ1) is 19.0. The van der Waals surface area contributed by atoms with Gasteiger partial charge in [-0.2, -0.15) is 0 Å². The fraction of sp³-hybridized carbons (Fsp3) is 0.367. The molecular weight excluding hydrogens is 532 g/mol. The van der Waals surface area contributed by atoms with Gasteiger partial charge in [-0.05, 0) is 72.0 Å². The second-order valence-corrected chi connectivity index (χ2v) is 12.7. The molecule has 3 aromatic rings. The molecule has 1 N–H and O–H groups in total. The van der Waals surface area contributed by atoms with Crippen molar-refractivity contribution in [1.29, 1.82) is 0 Å². The predicted octanol–water partition coefficient (Wildman–Crippen LogP) is 4.60. The van der Waals surface area contributed by atoms with Crippen LogP contribution in [0.5, 0.6) is 23.0 Å². The lowest BCUT2D eigenvalue weighted by Crippen LogP contribution is -2.51. The van der Waals surface area contributed by atoms with Crippen LogP contribution in [-0.2, 0) is 20.2 Å². The Morgan fingerprint density at radius 3 is 2.33 bits per heavy atom.